The molecule has 1 heterocycles. The number of nitrogens with zero attached hydrogens (tertiary/aromatic N) is 4. The van der Waals surface area contributed by atoms with Crippen molar-refractivity contribution in [1.29, 1.82) is 0 Å². The topological polar surface area (TPSA) is 72.7 Å². The van der Waals surface area contributed by atoms with E-state index in [1.807, 2.05) is 54.6 Å². The van der Waals surface area contributed by atoms with Gasteiger partial charge >= 0.3 is 0 Å². The van der Waals surface area contributed by atoms with Gasteiger partial charge in [-0.2, -0.15) is 0 Å². The summed E-state index contributed by atoms with van der Waals surface area (Å²) >= 11 is 0. The highest BCUT2D eigenvalue weighted by molar-refractivity contribution is 5.93. The van der Waals surface area contributed by atoms with Crippen LogP contribution in [0.3, 0.4) is 0 Å². The summed E-state index contributed by atoms with van der Waals surface area (Å²) in [4.78, 5) is 11.3. The molecule has 1 N–H and O–H groups in total. The van der Waals surface area contributed by atoms with Crippen molar-refractivity contribution in [2.45, 2.75) is 13.5 Å². The molecule has 0 spiro atoms. The van der Waals surface area contributed by atoms with E-state index in [1.54, 1.807) is 4.68 Å². The van der Waals surface area contributed by atoms with E-state index >= 15 is 0 Å². The fraction of sp³-hybridized carbons (Fsp3) is 0.125. The molecule has 6 heteroatoms. The Morgan fingerprint density at radius 2 is 1.82 bits per heavy atom. The summed E-state index contributed by atoms with van der Waals surface area (Å²) in [5, 5.41) is 14.7. The second kappa shape index (κ2) is 6.17. The minimum Gasteiger partial charge on any atom is -0.326 e. The van der Waals surface area contributed by atoms with Crippen molar-refractivity contribution < 1.29 is 4.79 Å². The van der Waals surface area contributed by atoms with Crippen molar-refractivity contribution in [2.75, 3.05) is 5.32 Å². The summed E-state index contributed by atoms with van der Waals surface area (Å²) < 4.78 is 1.72. The van der Waals surface area contributed by atoms with Crippen LogP contribution < -0.4 is 5.32 Å². The number of amides is 1. The van der Waals surface area contributed by atoms with Gasteiger partial charge in [0.1, 0.15) is 0 Å². The van der Waals surface area contributed by atoms with Gasteiger partial charge < -0.3 is 5.32 Å². The summed E-state index contributed by atoms with van der Waals surface area (Å²) in [5.74, 6) is 0.489. The predicted octanol–water partition coefficient (Wildman–Crippen LogP) is 2.35. The largest absolute Gasteiger partial charge is 0.326 e. The first-order valence-corrected chi connectivity index (χ1v) is 6.91. The molecule has 0 aliphatic carbocycles. The van der Waals surface area contributed by atoms with Gasteiger partial charge in [-0.1, -0.05) is 42.5 Å². The van der Waals surface area contributed by atoms with Crippen LogP contribution in [0.2, 0.25) is 0 Å². The van der Waals surface area contributed by atoms with Crippen molar-refractivity contribution in [3.05, 3.63) is 60.2 Å². The number of benzene rings is 2. The van der Waals surface area contributed by atoms with E-state index in [0.717, 1.165) is 11.1 Å². The van der Waals surface area contributed by atoms with Crippen LogP contribution in [0.15, 0.2) is 54.6 Å². The molecule has 0 radical (unpaired) electrons. The van der Waals surface area contributed by atoms with Crippen molar-refractivity contribution in [3.8, 4) is 11.4 Å². The second-order valence-electron chi connectivity index (χ2n) is 4.87. The molecule has 2 aromatic carbocycles. The van der Waals surface area contributed by atoms with Crippen molar-refractivity contribution >= 4 is 11.6 Å². The zero-order valence-electron chi connectivity index (χ0n) is 12.1. The molecule has 22 heavy (non-hydrogen) atoms. The zero-order valence-corrected chi connectivity index (χ0v) is 12.1. The minimum atomic E-state index is -0.130. The maximum Gasteiger partial charge on any atom is 0.221 e. The van der Waals surface area contributed by atoms with E-state index in [0.29, 0.717) is 18.1 Å². The molecule has 3 aromatic rings. The van der Waals surface area contributed by atoms with Crippen LogP contribution in [-0.2, 0) is 11.3 Å². The first-order valence-electron chi connectivity index (χ1n) is 6.91. The first-order chi connectivity index (χ1) is 10.7. The number of tetrazole rings is 1. The molecule has 0 saturated heterocycles. The smallest absolute Gasteiger partial charge is 0.221 e. The number of carbonyl (C=O) groups is 1. The fourth-order valence-electron chi connectivity index (χ4n) is 2.24. The van der Waals surface area contributed by atoms with Crippen LogP contribution in [0.25, 0.3) is 11.4 Å². The Morgan fingerprint density at radius 3 is 2.59 bits per heavy atom. The highest BCUT2D eigenvalue weighted by atomic mass is 16.1. The van der Waals surface area contributed by atoms with Crippen molar-refractivity contribution in [3.63, 3.8) is 0 Å². The van der Waals surface area contributed by atoms with Gasteiger partial charge in [-0.05, 0) is 28.1 Å². The number of aromatic nitrogens is 4. The molecular weight excluding hydrogens is 278 g/mol. The summed E-state index contributed by atoms with van der Waals surface area (Å²) in [5.41, 5.74) is 2.59. The first kappa shape index (κ1) is 13.9. The van der Waals surface area contributed by atoms with E-state index in [-0.39, 0.29) is 5.91 Å². The van der Waals surface area contributed by atoms with Gasteiger partial charge in [-0.15, -0.1) is 5.10 Å². The number of para-hydroxylation sites is 1. The second-order valence-corrected chi connectivity index (χ2v) is 4.87. The average Bonchev–Trinajstić information content (AvgIpc) is 2.96. The van der Waals surface area contributed by atoms with Crippen molar-refractivity contribution in [2.24, 2.45) is 0 Å². The zero-order chi connectivity index (χ0) is 15.4. The Kier molecular flexibility index (Phi) is 3.91. The Balaban J connectivity index is 1.97. The number of rotatable bonds is 4. The Labute approximate surface area is 127 Å². The van der Waals surface area contributed by atoms with Gasteiger partial charge in [0, 0.05) is 12.5 Å². The summed E-state index contributed by atoms with van der Waals surface area (Å²) in [6.07, 6.45) is 0. The molecule has 3 rings (SSSR count). The Hall–Kier alpha value is -3.02. The number of hydrogen-bond acceptors (Lipinski definition) is 4. The molecule has 110 valence electrons. The molecule has 6 nitrogen and oxygen atoms in total. The molecule has 0 saturated carbocycles. The van der Waals surface area contributed by atoms with Gasteiger partial charge in [0.05, 0.1) is 12.2 Å². The van der Waals surface area contributed by atoms with Gasteiger partial charge in [0.15, 0.2) is 5.82 Å². The molecule has 0 aliphatic heterocycles. The molecule has 0 aliphatic rings. The monoisotopic (exact) mass is 293 g/mol. The normalized spacial score (nSPS) is 10.4. The lowest BCUT2D eigenvalue weighted by Gasteiger charge is -2.10. The standard InChI is InChI=1S/C16H15N5O/c1-12(22)17-15-10-6-5-9-14(15)16-18-19-20-21(16)11-13-7-3-2-4-8-13/h2-10H,11H2,1H3,(H,17,22). The minimum absolute atomic E-state index is 0.130. The molecule has 1 aromatic heterocycles. The van der Waals surface area contributed by atoms with Gasteiger partial charge in [0.25, 0.3) is 0 Å². The Morgan fingerprint density at radius 1 is 1.09 bits per heavy atom. The fourth-order valence-corrected chi connectivity index (χ4v) is 2.24. The van der Waals surface area contributed by atoms with Crippen LogP contribution in [0, 0.1) is 0 Å². The SMILES string of the molecule is CC(=O)Nc1ccccc1-c1nnnn1Cc1ccccc1. The number of hydrogen-bond donors (Lipinski definition) is 1. The number of nitrogens with one attached hydrogen (secondary N) is 1. The van der Waals surface area contributed by atoms with Gasteiger partial charge in [-0.25, -0.2) is 4.68 Å². The quantitative estimate of drug-likeness (QED) is 0.801. The molecular formula is C16H15N5O. The van der Waals surface area contributed by atoms with Crippen LogP contribution in [0.5, 0.6) is 0 Å². The van der Waals surface area contributed by atoms with Crippen LogP contribution in [0.1, 0.15) is 12.5 Å². The van der Waals surface area contributed by atoms with Gasteiger partial charge in [0.2, 0.25) is 5.91 Å². The maximum absolute atomic E-state index is 11.3. The lowest BCUT2D eigenvalue weighted by atomic mass is 10.1. The van der Waals surface area contributed by atoms with E-state index in [1.165, 1.54) is 6.92 Å². The van der Waals surface area contributed by atoms with Crippen molar-refractivity contribution in [1.82, 2.24) is 20.2 Å². The highest BCUT2D eigenvalue weighted by Gasteiger charge is 2.13. The third kappa shape index (κ3) is 3.01. The lowest BCUT2D eigenvalue weighted by Crippen LogP contribution is -2.09. The summed E-state index contributed by atoms with van der Waals surface area (Å²) in [6, 6.07) is 17.4. The van der Waals surface area contributed by atoms with E-state index in [4.69, 9.17) is 0 Å². The third-order valence-corrected chi connectivity index (χ3v) is 3.19. The van der Waals surface area contributed by atoms with Crippen LogP contribution >= 0.6 is 0 Å². The number of carbonyl (C=O) groups excluding carboxylic acids is 1. The average molecular weight is 293 g/mol. The van der Waals surface area contributed by atoms with Gasteiger partial charge in [-0.3, -0.25) is 4.79 Å². The molecule has 0 bridgehead atoms. The van der Waals surface area contributed by atoms with Crippen LogP contribution in [0.4, 0.5) is 5.69 Å². The van der Waals surface area contributed by atoms with E-state index in [2.05, 4.69) is 20.8 Å². The molecule has 0 atom stereocenters. The number of anilines is 1. The van der Waals surface area contributed by atoms with E-state index < -0.39 is 0 Å². The lowest BCUT2D eigenvalue weighted by molar-refractivity contribution is -0.114. The summed E-state index contributed by atoms with van der Waals surface area (Å²) in [6.45, 7) is 2.04. The molecule has 1 amide bonds. The summed E-state index contributed by atoms with van der Waals surface area (Å²) in [7, 11) is 0. The maximum atomic E-state index is 11.3. The third-order valence-electron chi connectivity index (χ3n) is 3.19. The van der Waals surface area contributed by atoms with Crippen LogP contribution in [-0.4, -0.2) is 26.1 Å². The highest BCUT2D eigenvalue weighted by Crippen LogP contribution is 2.25. The van der Waals surface area contributed by atoms with E-state index in [9.17, 15) is 4.79 Å². The molecule has 0 fully saturated rings. The Bertz CT molecular complexity index is 782. The molecule has 0 unspecified atom stereocenters. The predicted molar refractivity (Wildman–Crippen MR) is 83.1 cm³/mol.